The molecule has 30 heavy (non-hydrogen) atoms. The lowest BCUT2D eigenvalue weighted by Crippen LogP contribution is -2.25. The zero-order valence-electron chi connectivity index (χ0n) is 17.3. The van der Waals surface area contributed by atoms with E-state index in [2.05, 4.69) is 10.3 Å². The summed E-state index contributed by atoms with van der Waals surface area (Å²) in [6, 6.07) is 7.41. The number of aromatic nitrogens is 5. The molecule has 4 rings (SSSR count). The van der Waals surface area contributed by atoms with Gasteiger partial charge in [0.1, 0.15) is 16.5 Å². The van der Waals surface area contributed by atoms with Gasteiger partial charge in [-0.15, -0.1) is 5.10 Å². The van der Waals surface area contributed by atoms with Crippen LogP contribution in [-0.2, 0) is 28.4 Å². The summed E-state index contributed by atoms with van der Waals surface area (Å²) in [5.74, 6) is 1.34. The summed E-state index contributed by atoms with van der Waals surface area (Å²) in [7, 11) is -2.53. The summed E-state index contributed by atoms with van der Waals surface area (Å²) in [6.45, 7) is 7.70. The fourth-order valence-corrected chi connectivity index (χ4v) is 4.19. The molecule has 0 radical (unpaired) electrons. The Kier molecular flexibility index (Phi) is 5.46. The molecule has 10 heteroatoms. The molecule has 1 aliphatic heterocycles. The Morgan fingerprint density at radius 1 is 1.17 bits per heavy atom. The summed E-state index contributed by atoms with van der Waals surface area (Å²) in [4.78, 5) is 11.6. The van der Waals surface area contributed by atoms with Crippen molar-refractivity contribution in [3.8, 4) is 0 Å². The Bertz CT molecular complexity index is 1140. The normalized spacial score (nSPS) is 17.4. The highest BCUT2D eigenvalue weighted by molar-refractivity contribution is 7.71. The zero-order valence-corrected chi connectivity index (χ0v) is 18.2. The number of anilines is 1. The maximum absolute atomic E-state index is 11.3. The first-order chi connectivity index (χ1) is 14.2. The zero-order chi connectivity index (χ0) is 21.5. The number of thiol groups is 1. The number of β-amino-alcohol motifs (C(OH)–C–C–N with tert-alkyl or cyclic N) is 1. The van der Waals surface area contributed by atoms with Crippen molar-refractivity contribution < 1.29 is 13.5 Å². The van der Waals surface area contributed by atoms with Gasteiger partial charge in [0.15, 0.2) is 17.0 Å². The molecule has 160 valence electrons. The third-order valence-corrected chi connectivity index (χ3v) is 5.81. The molecular formula is C20H26N6O3S. The lowest BCUT2D eigenvalue weighted by Gasteiger charge is -2.22. The van der Waals surface area contributed by atoms with E-state index in [-0.39, 0.29) is 17.3 Å². The molecule has 0 unspecified atom stereocenters. The van der Waals surface area contributed by atoms with Gasteiger partial charge >= 0.3 is 0 Å². The average Bonchev–Trinajstić information content (AvgIpc) is 3.28. The smallest absolute Gasteiger partial charge is 0.184 e. The van der Waals surface area contributed by atoms with Crippen molar-refractivity contribution in [2.24, 2.45) is 0 Å². The molecule has 9 nitrogen and oxygen atoms in total. The Labute approximate surface area is 176 Å². The van der Waals surface area contributed by atoms with Gasteiger partial charge in [0.05, 0.1) is 18.4 Å². The van der Waals surface area contributed by atoms with E-state index < -0.39 is 10.7 Å². The molecule has 1 fully saturated rings. The van der Waals surface area contributed by atoms with Crippen molar-refractivity contribution in [1.29, 1.82) is 0 Å². The van der Waals surface area contributed by atoms with E-state index >= 15 is 0 Å². The largest absolute Gasteiger partial charge is 0.391 e. The predicted octanol–water partition coefficient (Wildman–Crippen LogP) is 1.25. The minimum Gasteiger partial charge on any atom is -0.391 e. The molecular weight excluding hydrogens is 404 g/mol. The molecule has 3 heterocycles. The maximum atomic E-state index is 11.3. The van der Waals surface area contributed by atoms with Crippen molar-refractivity contribution in [2.75, 3.05) is 18.0 Å². The summed E-state index contributed by atoms with van der Waals surface area (Å²) in [5.41, 5.74) is 2.51. The van der Waals surface area contributed by atoms with Gasteiger partial charge in [-0.1, -0.05) is 50.3 Å². The highest BCUT2D eigenvalue weighted by Crippen LogP contribution is 2.29. The van der Waals surface area contributed by atoms with Crippen LogP contribution in [0, 0.1) is 0 Å². The highest BCUT2D eigenvalue weighted by atomic mass is 32.2. The van der Waals surface area contributed by atoms with E-state index in [1.165, 1.54) is 0 Å². The lowest BCUT2D eigenvalue weighted by atomic mass is 9.96. The van der Waals surface area contributed by atoms with Crippen molar-refractivity contribution in [2.45, 2.75) is 51.0 Å². The predicted molar refractivity (Wildman–Crippen MR) is 114 cm³/mol. The number of benzene rings is 1. The van der Waals surface area contributed by atoms with Crippen LogP contribution in [0.1, 0.15) is 44.1 Å². The molecule has 0 saturated carbocycles. The monoisotopic (exact) mass is 430 g/mol. The lowest BCUT2D eigenvalue weighted by molar-refractivity contribution is 0.198. The van der Waals surface area contributed by atoms with E-state index in [1.54, 1.807) is 4.68 Å². The summed E-state index contributed by atoms with van der Waals surface area (Å²) in [6.07, 6.45) is 0.301. The fraction of sp³-hybridized carbons (Fsp3) is 0.500. The summed E-state index contributed by atoms with van der Waals surface area (Å²) < 4.78 is 24.2. The molecule has 1 aromatic carbocycles. The second-order valence-corrected chi connectivity index (χ2v) is 9.67. The van der Waals surface area contributed by atoms with E-state index in [4.69, 9.17) is 9.97 Å². The maximum Gasteiger partial charge on any atom is 0.184 e. The van der Waals surface area contributed by atoms with E-state index in [0.29, 0.717) is 48.9 Å². The molecule has 3 aromatic rings. The molecule has 1 saturated heterocycles. The van der Waals surface area contributed by atoms with Crippen LogP contribution in [0.15, 0.2) is 24.3 Å². The number of aliphatic hydroxyl groups excluding tert-OH is 1. The quantitative estimate of drug-likeness (QED) is 0.582. The molecule has 1 aliphatic rings. The van der Waals surface area contributed by atoms with Gasteiger partial charge in [-0.25, -0.2) is 23.1 Å². The molecule has 1 N–H and O–H groups in total. The first kappa shape index (κ1) is 20.7. The van der Waals surface area contributed by atoms with Gasteiger partial charge in [-0.05, 0) is 17.5 Å². The van der Waals surface area contributed by atoms with Crippen molar-refractivity contribution >= 4 is 27.7 Å². The number of rotatable bonds is 5. The van der Waals surface area contributed by atoms with Gasteiger partial charge in [0.25, 0.3) is 0 Å². The highest BCUT2D eigenvalue weighted by Gasteiger charge is 2.28. The van der Waals surface area contributed by atoms with Gasteiger partial charge < -0.3 is 10.0 Å². The van der Waals surface area contributed by atoms with Crippen LogP contribution in [0.5, 0.6) is 0 Å². The van der Waals surface area contributed by atoms with Crippen LogP contribution < -0.4 is 4.90 Å². The standard InChI is InChI=1S/C20H26N6O3S/c1-20(2,3)19-21-17(25-9-8-15(27)11-25)16-18(22-19)26(24-23-16)10-13-6-4-5-7-14(13)12-30(28)29/h4-7,15,27,30H,8-12H2,1-3H3/t15-/m0/s1. The minimum atomic E-state index is -2.53. The average molecular weight is 431 g/mol. The van der Waals surface area contributed by atoms with Crippen molar-refractivity contribution in [1.82, 2.24) is 25.0 Å². The van der Waals surface area contributed by atoms with Gasteiger partial charge in [0, 0.05) is 18.5 Å². The SMILES string of the molecule is CC(C)(C)c1nc(N2CC[C@H](O)C2)c2nnn(Cc3ccccc3C[SH](=O)=O)c2n1. The Balaban J connectivity index is 1.81. The van der Waals surface area contributed by atoms with Crippen LogP contribution in [0.25, 0.3) is 11.2 Å². The molecule has 0 aliphatic carbocycles. The summed E-state index contributed by atoms with van der Waals surface area (Å²) >= 11 is 0. The van der Waals surface area contributed by atoms with E-state index in [1.807, 2.05) is 49.9 Å². The van der Waals surface area contributed by atoms with Crippen LogP contribution in [0.2, 0.25) is 0 Å². The van der Waals surface area contributed by atoms with Crippen LogP contribution >= 0.6 is 0 Å². The second kappa shape index (κ2) is 7.92. The second-order valence-electron chi connectivity index (χ2n) is 8.69. The third-order valence-electron chi connectivity index (χ3n) is 5.22. The Morgan fingerprint density at radius 3 is 2.53 bits per heavy atom. The molecule has 1 atom stereocenters. The van der Waals surface area contributed by atoms with E-state index in [9.17, 15) is 13.5 Å². The molecule has 0 spiro atoms. The van der Waals surface area contributed by atoms with Crippen LogP contribution in [0.4, 0.5) is 5.82 Å². The minimum absolute atomic E-state index is 0.0166. The molecule has 0 amide bonds. The summed E-state index contributed by atoms with van der Waals surface area (Å²) in [5, 5.41) is 18.6. The third kappa shape index (κ3) is 4.15. The molecule has 0 bridgehead atoms. The molecule has 2 aromatic heterocycles. The number of aliphatic hydroxyl groups is 1. The first-order valence-corrected chi connectivity index (χ1v) is 11.3. The van der Waals surface area contributed by atoms with Gasteiger partial charge in [-0.3, -0.25) is 0 Å². The number of hydrogen-bond acceptors (Lipinski definition) is 8. The van der Waals surface area contributed by atoms with Gasteiger partial charge in [-0.2, -0.15) is 0 Å². The number of nitrogens with zero attached hydrogens (tertiary/aromatic N) is 6. The number of fused-ring (bicyclic) bond motifs is 1. The topological polar surface area (TPSA) is 114 Å². The first-order valence-electron chi connectivity index (χ1n) is 9.95. The fourth-order valence-electron chi connectivity index (χ4n) is 3.61. The van der Waals surface area contributed by atoms with Crippen molar-refractivity contribution in [3.05, 3.63) is 41.2 Å². The van der Waals surface area contributed by atoms with Crippen molar-refractivity contribution in [3.63, 3.8) is 0 Å². The Hall–Kier alpha value is -2.59. The van der Waals surface area contributed by atoms with E-state index in [0.717, 1.165) is 11.1 Å². The number of hydrogen-bond donors (Lipinski definition) is 2. The van der Waals surface area contributed by atoms with Gasteiger partial charge in [0.2, 0.25) is 0 Å². The Morgan fingerprint density at radius 2 is 1.90 bits per heavy atom. The van der Waals surface area contributed by atoms with Crippen LogP contribution in [-0.4, -0.2) is 57.7 Å². The van der Waals surface area contributed by atoms with Crippen LogP contribution in [0.3, 0.4) is 0 Å².